The third-order valence-corrected chi connectivity index (χ3v) is 6.11. The number of para-hydroxylation sites is 1. The molecule has 0 bridgehead atoms. The average Bonchev–Trinajstić information content (AvgIpc) is 3.33. The number of fused-ring (bicyclic) bond motifs is 2. The van der Waals surface area contributed by atoms with E-state index in [4.69, 9.17) is 10.5 Å². The van der Waals surface area contributed by atoms with Crippen molar-refractivity contribution < 1.29 is 4.74 Å². The van der Waals surface area contributed by atoms with Crippen molar-refractivity contribution in [1.29, 1.82) is 0 Å². The number of nitrogens with zero attached hydrogens (tertiary/aromatic N) is 4. The molecule has 4 N–H and O–H groups in total. The first-order valence-corrected chi connectivity index (χ1v) is 10.3. The van der Waals surface area contributed by atoms with E-state index in [0.717, 1.165) is 31.3 Å². The van der Waals surface area contributed by atoms with E-state index in [-0.39, 0.29) is 0 Å². The number of anilines is 5. The van der Waals surface area contributed by atoms with E-state index in [2.05, 4.69) is 30.6 Å². The number of nitrogens with two attached hydrogens (primary N) is 1. The second-order valence-electron chi connectivity index (χ2n) is 6.07. The molecule has 0 aliphatic heterocycles. The van der Waals surface area contributed by atoms with Gasteiger partial charge in [-0.2, -0.15) is 0 Å². The predicted molar refractivity (Wildman–Crippen MR) is 119 cm³/mol. The fourth-order valence-corrected chi connectivity index (χ4v) is 4.57. The van der Waals surface area contributed by atoms with Crippen molar-refractivity contribution in [2.24, 2.45) is 0 Å². The molecule has 5 rings (SSSR count). The Hall–Kier alpha value is -3.50. The number of thiazole rings is 2. The van der Waals surface area contributed by atoms with Crippen molar-refractivity contribution in [2.75, 3.05) is 23.5 Å². The van der Waals surface area contributed by atoms with Crippen LogP contribution in [0.5, 0.6) is 5.75 Å². The molecule has 0 saturated carbocycles. The Morgan fingerprint density at radius 3 is 2.21 bits per heavy atom. The molecule has 0 aliphatic rings. The highest BCUT2D eigenvalue weighted by molar-refractivity contribution is 7.22. The third-order valence-electron chi connectivity index (χ3n) is 4.22. The third kappa shape index (κ3) is 3.39. The maximum atomic E-state index is 6.30. The number of aromatic nitrogens is 4. The van der Waals surface area contributed by atoms with Gasteiger partial charge in [0.05, 0.1) is 27.5 Å². The van der Waals surface area contributed by atoms with Crippen LogP contribution in [0.2, 0.25) is 0 Å². The van der Waals surface area contributed by atoms with Crippen LogP contribution in [0.3, 0.4) is 0 Å². The summed E-state index contributed by atoms with van der Waals surface area (Å²) in [4.78, 5) is 17.6. The topological polar surface area (TPSA) is 111 Å². The van der Waals surface area contributed by atoms with Crippen LogP contribution in [0.1, 0.15) is 0 Å². The van der Waals surface area contributed by atoms with Gasteiger partial charge in [0.1, 0.15) is 17.8 Å². The summed E-state index contributed by atoms with van der Waals surface area (Å²) < 4.78 is 7.36. The SMILES string of the molecule is COc1ccc2nc(Nc3ncnc(Nc4nc5ccccc5s4)c3N)sc2c1. The molecule has 0 radical (unpaired) electrons. The number of nitrogen functional groups attached to an aromatic ring is 1. The Morgan fingerprint density at radius 2 is 1.52 bits per heavy atom. The highest BCUT2D eigenvalue weighted by atomic mass is 32.1. The lowest BCUT2D eigenvalue weighted by molar-refractivity contribution is 0.415. The lowest BCUT2D eigenvalue weighted by Gasteiger charge is -2.09. The fraction of sp³-hybridized carbons (Fsp3) is 0.0526. The van der Waals surface area contributed by atoms with Crippen LogP contribution in [0.15, 0.2) is 48.8 Å². The summed E-state index contributed by atoms with van der Waals surface area (Å²) in [5.41, 5.74) is 8.49. The van der Waals surface area contributed by atoms with Crippen LogP contribution in [-0.4, -0.2) is 27.0 Å². The number of benzene rings is 2. The Morgan fingerprint density at radius 1 is 0.862 bits per heavy atom. The summed E-state index contributed by atoms with van der Waals surface area (Å²) in [7, 11) is 1.64. The van der Waals surface area contributed by atoms with E-state index in [1.165, 1.54) is 29.0 Å². The summed E-state index contributed by atoms with van der Waals surface area (Å²) in [6, 6.07) is 13.7. The molecule has 5 aromatic rings. The van der Waals surface area contributed by atoms with Gasteiger partial charge in [-0.3, -0.25) is 0 Å². The number of methoxy groups -OCH3 is 1. The molecule has 0 aliphatic carbocycles. The number of hydrogen-bond donors (Lipinski definition) is 3. The van der Waals surface area contributed by atoms with E-state index < -0.39 is 0 Å². The van der Waals surface area contributed by atoms with Crippen molar-refractivity contribution in [2.45, 2.75) is 0 Å². The molecule has 144 valence electrons. The number of rotatable bonds is 5. The average molecular weight is 422 g/mol. The van der Waals surface area contributed by atoms with Crippen LogP contribution in [0.4, 0.5) is 27.6 Å². The molecule has 10 heteroatoms. The molecule has 2 aromatic carbocycles. The largest absolute Gasteiger partial charge is 0.497 e. The molecular formula is C19H15N7OS2. The van der Waals surface area contributed by atoms with Gasteiger partial charge in [-0.25, -0.2) is 19.9 Å². The van der Waals surface area contributed by atoms with Crippen molar-refractivity contribution in [1.82, 2.24) is 19.9 Å². The molecule has 0 unspecified atom stereocenters. The van der Waals surface area contributed by atoms with Gasteiger partial charge < -0.3 is 21.1 Å². The second-order valence-corrected chi connectivity index (χ2v) is 8.14. The van der Waals surface area contributed by atoms with E-state index >= 15 is 0 Å². The predicted octanol–water partition coefficient (Wildman–Crippen LogP) is 4.77. The Bertz CT molecular complexity index is 1300. The minimum absolute atomic E-state index is 0.392. The number of hydrogen-bond acceptors (Lipinski definition) is 10. The smallest absolute Gasteiger partial charge is 0.189 e. The fourth-order valence-electron chi connectivity index (χ4n) is 2.81. The van der Waals surface area contributed by atoms with Gasteiger partial charge in [0.25, 0.3) is 0 Å². The van der Waals surface area contributed by atoms with Gasteiger partial charge in [-0.1, -0.05) is 34.8 Å². The molecule has 0 spiro atoms. The maximum absolute atomic E-state index is 6.30. The summed E-state index contributed by atoms with van der Waals surface area (Å²) in [5, 5.41) is 7.77. The van der Waals surface area contributed by atoms with Gasteiger partial charge in [-0.15, -0.1) is 0 Å². The molecule has 3 heterocycles. The molecular weight excluding hydrogens is 406 g/mol. The van der Waals surface area contributed by atoms with Crippen molar-refractivity contribution in [3.63, 3.8) is 0 Å². The Balaban J connectivity index is 1.42. The first-order chi connectivity index (χ1) is 14.2. The van der Waals surface area contributed by atoms with E-state index in [1.54, 1.807) is 7.11 Å². The van der Waals surface area contributed by atoms with E-state index in [0.29, 0.717) is 22.5 Å². The lowest BCUT2D eigenvalue weighted by atomic mass is 10.3. The van der Waals surface area contributed by atoms with E-state index in [9.17, 15) is 0 Å². The summed E-state index contributed by atoms with van der Waals surface area (Å²) in [6.45, 7) is 0. The molecule has 0 amide bonds. The highest BCUT2D eigenvalue weighted by Gasteiger charge is 2.13. The molecule has 8 nitrogen and oxygen atoms in total. The zero-order valence-electron chi connectivity index (χ0n) is 15.2. The summed E-state index contributed by atoms with van der Waals surface area (Å²) in [5.74, 6) is 1.76. The van der Waals surface area contributed by atoms with E-state index in [1.807, 2.05) is 42.5 Å². The summed E-state index contributed by atoms with van der Waals surface area (Å²) >= 11 is 3.03. The standard InChI is InChI=1S/C19H15N7OS2/c1-27-10-6-7-12-14(8-10)29-19(24-12)26-17-15(20)16(21-9-22-17)25-18-23-11-4-2-3-5-13(11)28-18/h2-9H,20H2,1H3,(H2,21,22,23,24,25,26). The van der Waals surface area contributed by atoms with Crippen LogP contribution in [0, 0.1) is 0 Å². The van der Waals surface area contributed by atoms with Crippen LogP contribution in [-0.2, 0) is 0 Å². The van der Waals surface area contributed by atoms with Gasteiger partial charge in [0.15, 0.2) is 21.9 Å². The molecule has 29 heavy (non-hydrogen) atoms. The molecule has 0 saturated heterocycles. The number of ether oxygens (including phenoxy) is 1. The number of nitrogens with one attached hydrogen (secondary N) is 2. The second kappa shape index (κ2) is 7.15. The monoisotopic (exact) mass is 421 g/mol. The van der Waals surface area contributed by atoms with Crippen LogP contribution in [0.25, 0.3) is 20.4 Å². The van der Waals surface area contributed by atoms with Gasteiger partial charge in [0.2, 0.25) is 0 Å². The maximum Gasteiger partial charge on any atom is 0.189 e. The molecule has 0 fully saturated rings. The van der Waals surface area contributed by atoms with Crippen molar-refractivity contribution in [3.05, 3.63) is 48.8 Å². The van der Waals surface area contributed by atoms with Crippen LogP contribution >= 0.6 is 22.7 Å². The molecule has 0 atom stereocenters. The first-order valence-electron chi connectivity index (χ1n) is 8.64. The van der Waals surface area contributed by atoms with Gasteiger partial charge in [-0.05, 0) is 30.3 Å². The minimum atomic E-state index is 0.392. The minimum Gasteiger partial charge on any atom is -0.497 e. The van der Waals surface area contributed by atoms with Crippen molar-refractivity contribution >= 4 is 70.7 Å². The lowest BCUT2D eigenvalue weighted by Crippen LogP contribution is -2.04. The summed E-state index contributed by atoms with van der Waals surface area (Å²) in [6.07, 6.45) is 1.45. The van der Waals surface area contributed by atoms with Gasteiger partial charge >= 0.3 is 0 Å². The Labute approximate surface area is 173 Å². The first kappa shape index (κ1) is 17.6. The quantitative estimate of drug-likeness (QED) is 0.372. The highest BCUT2D eigenvalue weighted by Crippen LogP contribution is 2.34. The normalized spacial score (nSPS) is 11.1. The van der Waals surface area contributed by atoms with Gasteiger partial charge in [0, 0.05) is 0 Å². The zero-order chi connectivity index (χ0) is 19.8. The zero-order valence-corrected chi connectivity index (χ0v) is 16.8. The Kier molecular flexibility index (Phi) is 4.34. The molecule has 3 aromatic heterocycles. The van der Waals surface area contributed by atoms with Crippen LogP contribution < -0.4 is 21.1 Å². The van der Waals surface area contributed by atoms with Crippen molar-refractivity contribution in [3.8, 4) is 5.75 Å².